The molecular formula is C13H13N3O3. The van der Waals surface area contributed by atoms with Gasteiger partial charge in [-0.15, -0.1) is 0 Å². The van der Waals surface area contributed by atoms with E-state index in [2.05, 4.69) is 9.97 Å². The van der Waals surface area contributed by atoms with E-state index >= 15 is 0 Å². The van der Waals surface area contributed by atoms with Gasteiger partial charge in [0.2, 0.25) is 11.9 Å². The number of nitrogens with zero attached hydrogens (tertiary/aromatic N) is 2. The molecule has 1 amide bonds. The van der Waals surface area contributed by atoms with Gasteiger partial charge in [-0.05, 0) is 18.6 Å². The van der Waals surface area contributed by atoms with E-state index in [4.69, 9.17) is 5.11 Å². The van der Waals surface area contributed by atoms with Crippen LogP contribution in [-0.4, -0.2) is 33.5 Å². The minimum atomic E-state index is -0.942. The van der Waals surface area contributed by atoms with Crippen LogP contribution in [0.4, 0.5) is 5.95 Å². The van der Waals surface area contributed by atoms with Crippen LogP contribution in [-0.2, 0) is 9.59 Å². The summed E-state index contributed by atoms with van der Waals surface area (Å²) in [6.07, 6.45) is 0.0331. The maximum atomic E-state index is 11.9. The van der Waals surface area contributed by atoms with E-state index in [1.165, 1.54) is 4.90 Å². The summed E-state index contributed by atoms with van der Waals surface area (Å²) in [6, 6.07) is 5.73. The summed E-state index contributed by atoms with van der Waals surface area (Å²) in [5, 5.41) is 8.97. The Morgan fingerprint density at radius 1 is 1.53 bits per heavy atom. The molecule has 2 N–H and O–H groups in total. The molecule has 0 aliphatic carbocycles. The molecule has 0 saturated carbocycles. The quantitative estimate of drug-likeness (QED) is 0.851. The summed E-state index contributed by atoms with van der Waals surface area (Å²) < 4.78 is 0. The highest BCUT2D eigenvalue weighted by Crippen LogP contribution is 2.26. The molecule has 6 heteroatoms. The zero-order valence-corrected chi connectivity index (χ0v) is 10.4. The third-order valence-corrected chi connectivity index (χ3v) is 3.43. The van der Waals surface area contributed by atoms with Gasteiger partial charge in [-0.3, -0.25) is 14.5 Å². The van der Waals surface area contributed by atoms with Crippen molar-refractivity contribution in [3.63, 3.8) is 0 Å². The number of aromatic amines is 1. The number of H-pyrrole nitrogens is 1. The molecule has 1 aromatic heterocycles. The van der Waals surface area contributed by atoms with Crippen molar-refractivity contribution >= 4 is 28.9 Å². The number of carbonyl (C=O) groups is 2. The molecule has 6 nitrogen and oxygen atoms in total. The first-order valence-electron chi connectivity index (χ1n) is 6.05. The Hall–Kier alpha value is -2.37. The second kappa shape index (κ2) is 4.08. The van der Waals surface area contributed by atoms with Crippen LogP contribution in [0.1, 0.15) is 12.0 Å². The lowest BCUT2D eigenvalue weighted by atomic mass is 10.1. The zero-order chi connectivity index (χ0) is 13.6. The number of aromatic nitrogens is 2. The number of rotatable bonds is 2. The number of fused-ring (bicyclic) bond motifs is 1. The van der Waals surface area contributed by atoms with Gasteiger partial charge in [-0.2, -0.15) is 0 Å². The molecule has 1 aliphatic rings. The zero-order valence-electron chi connectivity index (χ0n) is 10.4. The van der Waals surface area contributed by atoms with Crippen LogP contribution in [0, 0.1) is 12.8 Å². The van der Waals surface area contributed by atoms with Crippen molar-refractivity contribution in [2.75, 3.05) is 11.4 Å². The smallest absolute Gasteiger partial charge is 0.308 e. The Balaban J connectivity index is 1.99. The lowest BCUT2D eigenvalue weighted by Crippen LogP contribution is -2.26. The van der Waals surface area contributed by atoms with Crippen molar-refractivity contribution in [2.24, 2.45) is 5.92 Å². The number of aliphatic carboxylic acids is 1. The van der Waals surface area contributed by atoms with Crippen LogP contribution in [0.25, 0.3) is 11.0 Å². The van der Waals surface area contributed by atoms with Crippen LogP contribution in [0.2, 0.25) is 0 Å². The highest BCUT2D eigenvalue weighted by atomic mass is 16.4. The van der Waals surface area contributed by atoms with E-state index in [1.54, 1.807) is 0 Å². The van der Waals surface area contributed by atoms with Crippen LogP contribution >= 0.6 is 0 Å². The number of hydrogen-bond acceptors (Lipinski definition) is 3. The van der Waals surface area contributed by atoms with Gasteiger partial charge in [-0.1, -0.05) is 12.1 Å². The number of carboxylic acid groups (broad SMARTS) is 1. The fraction of sp³-hybridized carbons (Fsp3) is 0.308. The predicted octanol–water partition coefficient (Wildman–Crippen LogP) is 1.31. The third kappa shape index (κ3) is 1.85. The van der Waals surface area contributed by atoms with E-state index < -0.39 is 11.9 Å². The van der Waals surface area contributed by atoms with E-state index in [0.29, 0.717) is 5.95 Å². The lowest BCUT2D eigenvalue weighted by molar-refractivity contribution is -0.141. The van der Waals surface area contributed by atoms with Gasteiger partial charge in [0, 0.05) is 13.0 Å². The number of benzene rings is 1. The normalized spacial score (nSPS) is 19.3. The standard InChI is InChI=1S/C13H13N3O3/c1-7-3-2-4-9-11(7)15-13(14-9)16-6-8(12(18)19)5-10(16)17/h2-4,8H,5-6H2,1H3,(H,14,15)(H,18,19). The summed E-state index contributed by atoms with van der Waals surface area (Å²) in [5.41, 5.74) is 2.67. The van der Waals surface area contributed by atoms with E-state index in [0.717, 1.165) is 16.6 Å². The maximum absolute atomic E-state index is 11.9. The SMILES string of the molecule is Cc1cccc2[nH]c(N3CC(C(=O)O)CC3=O)nc12. The highest BCUT2D eigenvalue weighted by Gasteiger charge is 2.36. The van der Waals surface area contributed by atoms with Gasteiger partial charge in [0.15, 0.2) is 0 Å². The first-order chi connectivity index (χ1) is 9.06. The molecule has 1 fully saturated rings. The van der Waals surface area contributed by atoms with Crippen LogP contribution in [0.5, 0.6) is 0 Å². The molecule has 1 saturated heterocycles. The van der Waals surface area contributed by atoms with Crippen LogP contribution < -0.4 is 4.90 Å². The van der Waals surface area contributed by atoms with Crippen molar-refractivity contribution in [1.82, 2.24) is 9.97 Å². The number of anilines is 1. The topological polar surface area (TPSA) is 86.3 Å². The van der Waals surface area contributed by atoms with Gasteiger partial charge < -0.3 is 10.1 Å². The minimum absolute atomic E-state index is 0.0331. The van der Waals surface area contributed by atoms with Crippen molar-refractivity contribution in [3.05, 3.63) is 23.8 Å². The fourth-order valence-corrected chi connectivity index (χ4v) is 2.37. The molecule has 0 spiro atoms. The number of hydrogen-bond donors (Lipinski definition) is 2. The molecule has 1 unspecified atom stereocenters. The predicted molar refractivity (Wildman–Crippen MR) is 68.9 cm³/mol. The molecule has 98 valence electrons. The number of imidazole rings is 1. The van der Waals surface area contributed by atoms with E-state index in [-0.39, 0.29) is 18.9 Å². The summed E-state index contributed by atoms with van der Waals surface area (Å²) >= 11 is 0. The van der Waals surface area contributed by atoms with Crippen molar-refractivity contribution in [2.45, 2.75) is 13.3 Å². The number of nitrogens with one attached hydrogen (secondary N) is 1. The van der Waals surface area contributed by atoms with Gasteiger partial charge in [0.05, 0.1) is 17.0 Å². The Kier molecular flexibility index (Phi) is 2.51. The number of carboxylic acids is 1. The molecular weight excluding hydrogens is 246 g/mol. The summed E-state index contributed by atoms with van der Waals surface area (Å²) in [5.74, 6) is -1.37. The van der Waals surface area contributed by atoms with Crippen LogP contribution in [0.3, 0.4) is 0 Å². The average molecular weight is 259 g/mol. The number of para-hydroxylation sites is 1. The number of carbonyl (C=O) groups excluding carboxylic acids is 1. The molecule has 19 heavy (non-hydrogen) atoms. The first kappa shape index (κ1) is 11.7. The highest BCUT2D eigenvalue weighted by molar-refractivity contribution is 5.99. The first-order valence-corrected chi connectivity index (χ1v) is 6.05. The summed E-state index contributed by atoms with van der Waals surface area (Å²) in [4.78, 5) is 31.7. The Morgan fingerprint density at radius 3 is 2.95 bits per heavy atom. The molecule has 3 rings (SSSR count). The van der Waals surface area contributed by atoms with Crippen molar-refractivity contribution in [1.29, 1.82) is 0 Å². The molecule has 1 aromatic carbocycles. The van der Waals surface area contributed by atoms with Crippen molar-refractivity contribution < 1.29 is 14.7 Å². The molecule has 1 atom stereocenters. The molecule has 0 radical (unpaired) electrons. The van der Waals surface area contributed by atoms with E-state index in [1.807, 2.05) is 25.1 Å². The second-order valence-electron chi connectivity index (χ2n) is 4.78. The van der Waals surface area contributed by atoms with Crippen LogP contribution in [0.15, 0.2) is 18.2 Å². The largest absolute Gasteiger partial charge is 0.481 e. The van der Waals surface area contributed by atoms with E-state index in [9.17, 15) is 9.59 Å². The van der Waals surface area contributed by atoms with Crippen molar-refractivity contribution in [3.8, 4) is 0 Å². The third-order valence-electron chi connectivity index (χ3n) is 3.43. The van der Waals surface area contributed by atoms with Gasteiger partial charge >= 0.3 is 5.97 Å². The fourth-order valence-electron chi connectivity index (χ4n) is 2.37. The number of amides is 1. The minimum Gasteiger partial charge on any atom is -0.481 e. The maximum Gasteiger partial charge on any atom is 0.308 e. The molecule has 2 aromatic rings. The summed E-state index contributed by atoms with van der Waals surface area (Å²) in [6.45, 7) is 2.12. The van der Waals surface area contributed by atoms with Gasteiger partial charge in [0.25, 0.3) is 0 Å². The monoisotopic (exact) mass is 259 g/mol. The van der Waals surface area contributed by atoms with Gasteiger partial charge in [0.1, 0.15) is 0 Å². The second-order valence-corrected chi connectivity index (χ2v) is 4.78. The Morgan fingerprint density at radius 2 is 2.32 bits per heavy atom. The lowest BCUT2D eigenvalue weighted by Gasteiger charge is -2.11. The molecule has 0 bridgehead atoms. The number of aryl methyl sites for hydroxylation is 1. The summed E-state index contributed by atoms with van der Waals surface area (Å²) in [7, 11) is 0. The Labute approximate surface area is 109 Å². The molecule has 2 heterocycles. The Bertz CT molecular complexity index is 677. The average Bonchev–Trinajstić information content (AvgIpc) is 2.93. The molecule has 1 aliphatic heterocycles. The van der Waals surface area contributed by atoms with Gasteiger partial charge in [-0.25, -0.2) is 4.98 Å².